The van der Waals surface area contributed by atoms with E-state index < -0.39 is 0 Å². The van der Waals surface area contributed by atoms with Crippen LogP contribution in [0.15, 0.2) is 108 Å². The molecule has 0 atom stereocenters. The van der Waals surface area contributed by atoms with Crippen molar-refractivity contribution < 1.29 is 4.57 Å². The summed E-state index contributed by atoms with van der Waals surface area (Å²) in [6, 6.07) is 24.5. The molecule has 0 saturated heterocycles. The fourth-order valence-corrected chi connectivity index (χ4v) is 2.54. The van der Waals surface area contributed by atoms with Crippen LogP contribution in [-0.4, -0.2) is 6.21 Å². The molecule has 0 aliphatic heterocycles. The van der Waals surface area contributed by atoms with Crippen molar-refractivity contribution in [3.63, 3.8) is 0 Å². The van der Waals surface area contributed by atoms with Crippen LogP contribution >= 0.6 is 0 Å². The molecule has 0 N–H and O–H groups in total. The maximum atomic E-state index is 4.48. The molecule has 0 aliphatic carbocycles. The molecule has 0 spiro atoms. The summed E-state index contributed by atoms with van der Waals surface area (Å²) in [7, 11) is 0. The minimum atomic E-state index is 0.952. The van der Waals surface area contributed by atoms with Gasteiger partial charge in [0.05, 0.1) is 5.69 Å². The Balaban J connectivity index is 1.83. The predicted octanol–water partition coefficient (Wildman–Crippen LogP) is 5.33. The molecule has 0 amide bonds. The fourth-order valence-electron chi connectivity index (χ4n) is 2.54. The Morgan fingerprint density at radius 2 is 1.48 bits per heavy atom. The number of aliphatic imine (C=N–C) groups is 1. The van der Waals surface area contributed by atoms with Gasteiger partial charge in [-0.05, 0) is 36.3 Å². The Bertz CT molecular complexity index is 874. The molecule has 1 heterocycles. The normalized spacial score (nSPS) is 12.1. The van der Waals surface area contributed by atoms with Crippen LogP contribution in [0.3, 0.4) is 0 Å². The largest absolute Gasteiger partial charge is 0.257 e. The third kappa shape index (κ3) is 4.61. The monoisotopic (exact) mass is 325 g/mol. The third-order valence-corrected chi connectivity index (χ3v) is 3.80. The average molecular weight is 325 g/mol. The van der Waals surface area contributed by atoms with Crippen molar-refractivity contribution in [2.45, 2.75) is 6.92 Å². The zero-order chi connectivity index (χ0) is 17.3. The van der Waals surface area contributed by atoms with E-state index in [-0.39, 0.29) is 0 Å². The average Bonchev–Trinajstić information content (AvgIpc) is 2.69. The van der Waals surface area contributed by atoms with Gasteiger partial charge in [0.1, 0.15) is 0 Å². The van der Waals surface area contributed by atoms with E-state index in [0.29, 0.717) is 0 Å². The van der Waals surface area contributed by atoms with Crippen LogP contribution in [0.4, 0.5) is 5.69 Å². The molecule has 122 valence electrons. The summed E-state index contributed by atoms with van der Waals surface area (Å²) >= 11 is 0. The molecule has 0 aliphatic rings. The Morgan fingerprint density at radius 3 is 2.12 bits per heavy atom. The highest BCUT2D eigenvalue weighted by Crippen LogP contribution is 2.15. The zero-order valence-electron chi connectivity index (χ0n) is 14.3. The van der Waals surface area contributed by atoms with Crippen LogP contribution < -0.4 is 4.57 Å². The Labute approximate surface area is 149 Å². The van der Waals surface area contributed by atoms with Gasteiger partial charge in [-0.2, -0.15) is 4.57 Å². The molecule has 2 nitrogen and oxygen atoms in total. The fraction of sp³-hybridized carbons (Fsp3) is 0.0435. The van der Waals surface area contributed by atoms with Gasteiger partial charge in [-0.15, -0.1) is 0 Å². The molecular weight excluding hydrogens is 304 g/mol. The lowest BCUT2D eigenvalue weighted by Crippen LogP contribution is -2.29. The van der Waals surface area contributed by atoms with Crippen LogP contribution in [0.2, 0.25) is 0 Å². The first-order valence-electron chi connectivity index (χ1n) is 8.36. The van der Waals surface area contributed by atoms with Crippen molar-refractivity contribution in [2.24, 2.45) is 4.99 Å². The molecule has 25 heavy (non-hydrogen) atoms. The van der Waals surface area contributed by atoms with Gasteiger partial charge in [0, 0.05) is 30.5 Å². The minimum absolute atomic E-state index is 0.952. The number of rotatable bonds is 5. The molecule has 0 radical (unpaired) electrons. The lowest BCUT2D eigenvalue weighted by molar-refractivity contribution is -0.595. The second kappa shape index (κ2) is 8.55. The predicted molar refractivity (Wildman–Crippen MR) is 105 cm³/mol. The SMILES string of the molecule is C\C=C/C(=C\C=N\c1ccccc1)c1cc[n+](-c2ccccc2)cc1. The minimum Gasteiger partial charge on any atom is -0.257 e. The van der Waals surface area contributed by atoms with E-state index in [1.165, 1.54) is 0 Å². The van der Waals surface area contributed by atoms with E-state index in [4.69, 9.17) is 0 Å². The van der Waals surface area contributed by atoms with Crippen LogP contribution in [0.5, 0.6) is 0 Å². The molecule has 0 unspecified atom stereocenters. The number of allylic oxidation sites excluding steroid dienone is 4. The maximum Gasteiger partial charge on any atom is 0.210 e. The van der Waals surface area contributed by atoms with Gasteiger partial charge in [0.15, 0.2) is 12.4 Å². The van der Waals surface area contributed by atoms with Gasteiger partial charge in [0.2, 0.25) is 5.69 Å². The van der Waals surface area contributed by atoms with Crippen molar-refractivity contribution in [1.29, 1.82) is 0 Å². The molecule has 3 aromatic rings. The van der Waals surface area contributed by atoms with Crippen molar-refractivity contribution >= 4 is 17.5 Å². The smallest absolute Gasteiger partial charge is 0.210 e. The number of hydrogen-bond acceptors (Lipinski definition) is 1. The van der Waals surface area contributed by atoms with Crippen LogP contribution in [0.1, 0.15) is 12.5 Å². The number of para-hydroxylation sites is 2. The van der Waals surface area contributed by atoms with E-state index in [0.717, 1.165) is 22.5 Å². The highest BCUT2D eigenvalue weighted by Gasteiger charge is 2.05. The van der Waals surface area contributed by atoms with Gasteiger partial charge in [-0.3, -0.25) is 4.99 Å². The van der Waals surface area contributed by atoms with Gasteiger partial charge in [-0.25, -0.2) is 0 Å². The first-order chi connectivity index (χ1) is 12.4. The number of benzene rings is 2. The van der Waals surface area contributed by atoms with Gasteiger partial charge >= 0.3 is 0 Å². The molecule has 0 saturated carbocycles. The Hall–Kier alpha value is -3.26. The van der Waals surface area contributed by atoms with Gasteiger partial charge in [-0.1, -0.05) is 48.6 Å². The third-order valence-electron chi connectivity index (χ3n) is 3.80. The topological polar surface area (TPSA) is 16.2 Å². The molecule has 3 rings (SSSR count). The second-order valence-corrected chi connectivity index (χ2v) is 5.57. The highest BCUT2D eigenvalue weighted by molar-refractivity contribution is 5.89. The van der Waals surface area contributed by atoms with Gasteiger partial charge in [0.25, 0.3) is 0 Å². The van der Waals surface area contributed by atoms with Crippen molar-refractivity contribution in [3.8, 4) is 5.69 Å². The summed E-state index contributed by atoms with van der Waals surface area (Å²) in [5.74, 6) is 0. The molecule has 0 fully saturated rings. The summed E-state index contributed by atoms with van der Waals surface area (Å²) in [5, 5.41) is 0. The van der Waals surface area contributed by atoms with Gasteiger partial charge < -0.3 is 0 Å². The first-order valence-corrected chi connectivity index (χ1v) is 8.36. The van der Waals surface area contributed by atoms with Crippen LogP contribution in [0.25, 0.3) is 11.3 Å². The second-order valence-electron chi connectivity index (χ2n) is 5.57. The van der Waals surface area contributed by atoms with Crippen molar-refractivity contribution in [1.82, 2.24) is 0 Å². The first kappa shape index (κ1) is 16.6. The molecule has 2 heteroatoms. The van der Waals surface area contributed by atoms with Crippen molar-refractivity contribution in [3.05, 3.63) is 109 Å². The number of aromatic nitrogens is 1. The molecule has 1 aromatic heterocycles. The summed E-state index contributed by atoms with van der Waals surface area (Å²) < 4.78 is 2.11. The lowest BCUT2D eigenvalue weighted by Gasteiger charge is -2.01. The van der Waals surface area contributed by atoms with Crippen LogP contribution in [-0.2, 0) is 0 Å². The van der Waals surface area contributed by atoms with E-state index in [1.807, 2.05) is 73.8 Å². The quantitative estimate of drug-likeness (QED) is 0.343. The van der Waals surface area contributed by atoms with E-state index in [2.05, 4.69) is 52.3 Å². The lowest BCUT2D eigenvalue weighted by atomic mass is 10.1. The van der Waals surface area contributed by atoms with E-state index in [1.54, 1.807) is 0 Å². The molecule has 2 aromatic carbocycles. The van der Waals surface area contributed by atoms with Crippen LogP contribution in [0, 0.1) is 0 Å². The zero-order valence-corrected chi connectivity index (χ0v) is 14.3. The standard InChI is InChI=1S/C23H21N2/c1-2-9-20(14-17-24-22-10-5-3-6-11-22)21-15-18-25(19-16-21)23-12-7-4-8-13-23/h2-19H,1H3/q+1/b9-2-,20-14+,24-17+. The van der Waals surface area contributed by atoms with E-state index >= 15 is 0 Å². The molecule has 0 bridgehead atoms. The summed E-state index contributed by atoms with van der Waals surface area (Å²) in [6.45, 7) is 2.02. The van der Waals surface area contributed by atoms with Crippen molar-refractivity contribution in [2.75, 3.05) is 0 Å². The number of nitrogens with zero attached hydrogens (tertiary/aromatic N) is 2. The van der Waals surface area contributed by atoms with E-state index in [9.17, 15) is 0 Å². The summed E-state index contributed by atoms with van der Waals surface area (Å²) in [5.41, 5.74) is 4.39. The highest BCUT2D eigenvalue weighted by atomic mass is 14.9. The Kier molecular flexibility index (Phi) is 5.68. The molecular formula is C23H21N2+. The summed E-state index contributed by atoms with van der Waals surface area (Å²) in [6.07, 6.45) is 12.2. The number of hydrogen-bond donors (Lipinski definition) is 0. The Morgan fingerprint density at radius 1 is 0.840 bits per heavy atom. The summed E-state index contributed by atoms with van der Waals surface area (Å²) in [4.78, 5) is 4.48. The number of pyridine rings is 1. The maximum absolute atomic E-state index is 4.48.